The Labute approximate surface area is 207 Å². The van der Waals surface area contributed by atoms with Crippen molar-refractivity contribution in [2.24, 2.45) is 35.5 Å². The maximum atomic E-state index is 13.3. The summed E-state index contributed by atoms with van der Waals surface area (Å²) in [6.07, 6.45) is 10.1. The molecule has 6 heteroatoms. The second-order valence-corrected chi connectivity index (χ2v) is 11.9. The van der Waals surface area contributed by atoms with Gasteiger partial charge in [-0.1, -0.05) is 25.0 Å². The van der Waals surface area contributed by atoms with Gasteiger partial charge < -0.3 is 9.32 Å². The molecule has 0 N–H and O–H groups in total. The van der Waals surface area contributed by atoms with Crippen molar-refractivity contribution in [3.8, 4) is 0 Å². The van der Waals surface area contributed by atoms with E-state index in [0.29, 0.717) is 30.2 Å². The molecule has 2 saturated heterocycles. The number of hydrogen-bond acceptors (Lipinski definition) is 5. The molecule has 2 amide bonds. The van der Waals surface area contributed by atoms with Gasteiger partial charge in [0, 0.05) is 44.7 Å². The third kappa shape index (κ3) is 3.62. The fourth-order valence-corrected chi connectivity index (χ4v) is 8.38. The van der Waals surface area contributed by atoms with Crippen molar-refractivity contribution < 1.29 is 14.0 Å². The Morgan fingerprint density at radius 1 is 0.800 bits per heavy atom. The summed E-state index contributed by atoms with van der Waals surface area (Å²) in [4.78, 5) is 33.4. The number of fused-ring (bicyclic) bond motifs is 6. The quantitative estimate of drug-likeness (QED) is 0.601. The van der Waals surface area contributed by atoms with Crippen LogP contribution in [0.25, 0.3) is 11.0 Å². The van der Waals surface area contributed by atoms with E-state index in [1.165, 1.54) is 24.9 Å². The summed E-state index contributed by atoms with van der Waals surface area (Å²) < 4.78 is 5.77. The van der Waals surface area contributed by atoms with E-state index < -0.39 is 0 Å². The molecule has 1 aromatic heterocycles. The first-order chi connectivity index (χ1) is 17.2. The van der Waals surface area contributed by atoms with E-state index in [1.807, 2.05) is 6.07 Å². The Morgan fingerprint density at radius 2 is 1.49 bits per heavy atom. The summed E-state index contributed by atoms with van der Waals surface area (Å²) in [5.41, 5.74) is 2.19. The molecule has 2 aromatic rings. The van der Waals surface area contributed by atoms with Crippen LogP contribution in [0.1, 0.15) is 44.9 Å². The van der Waals surface area contributed by atoms with E-state index >= 15 is 0 Å². The van der Waals surface area contributed by atoms with Crippen molar-refractivity contribution in [3.05, 3.63) is 30.5 Å². The molecule has 2 aliphatic heterocycles. The summed E-state index contributed by atoms with van der Waals surface area (Å²) >= 11 is 0. The molecule has 6 nitrogen and oxygen atoms in total. The molecule has 6 unspecified atom stereocenters. The van der Waals surface area contributed by atoms with E-state index in [-0.39, 0.29) is 23.7 Å². The first kappa shape index (κ1) is 21.9. The van der Waals surface area contributed by atoms with Crippen molar-refractivity contribution in [1.82, 2.24) is 9.80 Å². The zero-order valence-electron chi connectivity index (χ0n) is 20.6. The number of anilines is 1. The Kier molecular flexibility index (Phi) is 5.41. The second kappa shape index (κ2) is 8.65. The van der Waals surface area contributed by atoms with Crippen LogP contribution in [0.3, 0.4) is 0 Å². The average molecular weight is 476 g/mol. The molecule has 0 radical (unpaired) electrons. The number of nitrogens with zero attached hydrogens (tertiary/aromatic N) is 3. The molecular weight excluding hydrogens is 438 g/mol. The minimum absolute atomic E-state index is 0.0231. The van der Waals surface area contributed by atoms with E-state index in [2.05, 4.69) is 28.0 Å². The van der Waals surface area contributed by atoms with Gasteiger partial charge in [-0.3, -0.25) is 19.4 Å². The highest BCUT2D eigenvalue weighted by atomic mass is 16.3. The minimum Gasteiger partial charge on any atom is -0.462 e. The van der Waals surface area contributed by atoms with Gasteiger partial charge in [-0.15, -0.1) is 0 Å². The highest BCUT2D eigenvalue weighted by Gasteiger charge is 2.61. The van der Waals surface area contributed by atoms with Crippen LogP contribution in [0.4, 0.5) is 5.69 Å². The van der Waals surface area contributed by atoms with Crippen LogP contribution in [-0.2, 0) is 9.59 Å². The zero-order chi connectivity index (χ0) is 23.5. The van der Waals surface area contributed by atoms with Crippen molar-refractivity contribution >= 4 is 28.5 Å². The molecule has 5 aliphatic rings. The van der Waals surface area contributed by atoms with Crippen LogP contribution in [0.5, 0.6) is 0 Å². The number of furan rings is 1. The lowest BCUT2D eigenvalue weighted by atomic mass is 9.78. The first-order valence-corrected chi connectivity index (χ1v) is 14.0. The Morgan fingerprint density at radius 3 is 2.20 bits per heavy atom. The van der Waals surface area contributed by atoms with Gasteiger partial charge in [-0.2, -0.15) is 0 Å². The molecule has 35 heavy (non-hydrogen) atoms. The predicted octanol–water partition coefficient (Wildman–Crippen LogP) is 4.39. The van der Waals surface area contributed by atoms with Gasteiger partial charge in [0.05, 0.1) is 23.8 Å². The Balaban J connectivity index is 0.990. The number of benzene rings is 1. The van der Waals surface area contributed by atoms with Crippen molar-refractivity contribution in [3.63, 3.8) is 0 Å². The smallest absolute Gasteiger partial charge is 0.233 e. The van der Waals surface area contributed by atoms with Crippen LogP contribution in [0.15, 0.2) is 34.9 Å². The lowest BCUT2D eigenvalue weighted by Crippen LogP contribution is -2.49. The molecule has 2 bridgehead atoms. The normalized spacial score (nSPS) is 35.4. The van der Waals surface area contributed by atoms with Crippen LogP contribution < -0.4 is 4.90 Å². The van der Waals surface area contributed by atoms with E-state index in [4.69, 9.17) is 4.42 Å². The number of likely N-dealkylation sites (tertiary alicyclic amines) is 1. The van der Waals surface area contributed by atoms with Gasteiger partial charge in [-0.25, -0.2) is 0 Å². The lowest BCUT2D eigenvalue weighted by molar-refractivity contribution is -0.142. The number of para-hydroxylation sites is 1. The molecule has 3 heterocycles. The molecule has 6 atom stereocenters. The Bertz CT molecular complexity index is 1090. The van der Waals surface area contributed by atoms with Crippen LogP contribution in [-0.4, -0.2) is 60.9 Å². The van der Waals surface area contributed by atoms with Gasteiger partial charge in [-0.05, 0) is 67.9 Å². The number of piperazine rings is 1. The summed E-state index contributed by atoms with van der Waals surface area (Å²) in [5.74, 6) is 2.41. The van der Waals surface area contributed by atoms with Gasteiger partial charge >= 0.3 is 0 Å². The molecular formula is C29H37N3O3. The van der Waals surface area contributed by atoms with Gasteiger partial charge in [0.1, 0.15) is 0 Å². The van der Waals surface area contributed by atoms with Gasteiger partial charge in [0.2, 0.25) is 11.8 Å². The number of carbonyl (C=O) groups excluding carboxylic acids is 2. The standard InChI is InChI=1S/C29H37N3O3/c33-28-25-20-8-9-21(16-20)26(25)29(34)32(28)18-23-5-2-1-4-22(23)17-30-11-13-31(14-12-30)24-7-3-6-19-10-15-35-27(19)24/h3,6-7,10,15,20-23,25-26H,1-2,4-5,8-9,11-14,16-18H2. The molecule has 5 fully saturated rings. The second-order valence-electron chi connectivity index (χ2n) is 11.9. The molecule has 186 valence electrons. The molecule has 3 aliphatic carbocycles. The number of rotatable bonds is 5. The van der Waals surface area contributed by atoms with Gasteiger partial charge in [0.15, 0.2) is 5.58 Å². The van der Waals surface area contributed by atoms with Crippen molar-refractivity contribution in [1.29, 1.82) is 0 Å². The van der Waals surface area contributed by atoms with Gasteiger partial charge in [0.25, 0.3) is 0 Å². The highest BCUT2D eigenvalue weighted by molar-refractivity contribution is 6.06. The van der Waals surface area contributed by atoms with E-state index in [0.717, 1.165) is 69.4 Å². The number of carbonyl (C=O) groups is 2. The van der Waals surface area contributed by atoms with Crippen LogP contribution in [0.2, 0.25) is 0 Å². The monoisotopic (exact) mass is 475 g/mol. The third-order valence-electron chi connectivity index (χ3n) is 10.2. The zero-order valence-corrected chi connectivity index (χ0v) is 20.6. The summed E-state index contributed by atoms with van der Waals surface area (Å²) in [6, 6.07) is 8.43. The maximum absolute atomic E-state index is 13.3. The van der Waals surface area contributed by atoms with Crippen molar-refractivity contribution in [2.75, 3.05) is 44.2 Å². The topological polar surface area (TPSA) is 57.0 Å². The number of imide groups is 1. The molecule has 1 aromatic carbocycles. The van der Waals surface area contributed by atoms with Crippen LogP contribution in [0, 0.1) is 35.5 Å². The highest BCUT2D eigenvalue weighted by Crippen LogP contribution is 2.56. The first-order valence-electron chi connectivity index (χ1n) is 14.0. The predicted molar refractivity (Wildman–Crippen MR) is 135 cm³/mol. The molecule has 7 rings (SSSR count). The van der Waals surface area contributed by atoms with Crippen LogP contribution >= 0.6 is 0 Å². The van der Waals surface area contributed by atoms with Crippen molar-refractivity contribution in [2.45, 2.75) is 44.9 Å². The third-order valence-corrected chi connectivity index (χ3v) is 10.2. The lowest BCUT2D eigenvalue weighted by Gasteiger charge is -2.41. The fraction of sp³-hybridized carbons (Fsp3) is 0.655. The summed E-state index contributed by atoms with van der Waals surface area (Å²) in [7, 11) is 0. The maximum Gasteiger partial charge on any atom is 0.233 e. The number of amides is 2. The average Bonchev–Trinajstić information content (AvgIpc) is 3.67. The SMILES string of the molecule is O=C1C2C3CCC(C3)C2C(=O)N1CC1CCCCC1CN1CCN(c2cccc3ccoc23)CC1. The summed E-state index contributed by atoms with van der Waals surface area (Å²) in [6.45, 7) is 5.89. The molecule has 0 spiro atoms. The Hall–Kier alpha value is -2.34. The molecule has 3 saturated carbocycles. The van der Waals surface area contributed by atoms with E-state index in [1.54, 1.807) is 11.2 Å². The minimum atomic E-state index is 0.0231. The summed E-state index contributed by atoms with van der Waals surface area (Å²) in [5, 5.41) is 1.16. The largest absolute Gasteiger partial charge is 0.462 e. The van der Waals surface area contributed by atoms with E-state index in [9.17, 15) is 9.59 Å². The number of hydrogen-bond donors (Lipinski definition) is 0. The fourth-order valence-electron chi connectivity index (χ4n) is 8.38.